The Morgan fingerprint density at radius 2 is 2.29 bits per heavy atom. The number of halogens is 1. The smallest absolute Gasteiger partial charge is 0.0851 e. The summed E-state index contributed by atoms with van der Waals surface area (Å²) in [6.45, 7) is 5.55. The molecule has 0 aromatic heterocycles. The van der Waals surface area contributed by atoms with E-state index in [0.29, 0.717) is 0 Å². The van der Waals surface area contributed by atoms with E-state index in [-0.39, 0.29) is 6.10 Å². The highest BCUT2D eigenvalue weighted by Crippen LogP contribution is 2.08. The van der Waals surface area contributed by atoms with Gasteiger partial charge in [-0.25, -0.2) is 0 Å². The van der Waals surface area contributed by atoms with Gasteiger partial charge in [-0.2, -0.15) is 0 Å². The van der Waals surface area contributed by atoms with Crippen LogP contribution in [0.2, 0.25) is 0 Å². The molecular weight excluding hydrogens is 156 g/mol. The molecule has 0 aliphatic carbocycles. The molecule has 0 saturated carbocycles. The molecule has 0 amide bonds. The van der Waals surface area contributed by atoms with Crippen LogP contribution >= 0.6 is 15.9 Å². The molecule has 0 aliphatic rings. The summed E-state index contributed by atoms with van der Waals surface area (Å²) in [7, 11) is 1.65. The average Bonchev–Trinajstić information content (AvgIpc) is 1.65. The predicted molar refractivity (Wildman–Crippen MR) is 34.5 cm³/mol. The van der Waals surface area contributed by atoms with Gasteiger partial charge in [0.2, 0.25) is 0 Å². The number of hydrogen-bond acceptors (Lipinski definition) is 1. The van der Waals surface area contributed by atoms with Gasteiger partial charge in [-0.05, 0) is 6.92 Å². The van der Waals surface area contributed by atoms with Crippen LogP contribution in [0, 0.1) is 0 Å². The molecule has 0 saturated heterocycles. The quantitative estimate of drug-likeness (QED) is 0.607. The van der Waals surface area contributed by atoms with Crippen LogP contribution in [0.4, 0.5) is 0 Å². The molecule has 1 atom stereocenters. The molecule has 0 radical (unpaired) electrons. The minimum Gasteiger partial charge on any atom is -0.377 e. The fourth-order valence-corrected chi connectivity index (χ4v) is 0.315. The number of hydrogen-bond donors (Lipinski definition) is 0. The molecule has 1 nitrogen and oxygen atoms in total. The second-order valence-corrected chi connectivity index (χ2v) is 2.34. The van der Waals surface area contributed by atoms with Gasteiger partial charge in [0, 0.05) is 11.6 Å². The van der Waals surface area contributed by atoms with Crippen molar-refractivity contribution in [1.82, 2.24) is 0 Å². The first kappa shape index (κ1) is 7.18. The van der Waals surface area contributed by atoms with Gasteiger partial charge in [0.05, 0.1) is 6.10 Å². The standard InChI is InChI=1S/C5H9BrO/c1-4(6)5(2)7-3/h5H,1H2,2-3H3. The molecule has 0 N–H and O–H groups in total. The van der Waals surface area contributed by atoms with E-state index in [9.17, 15) is 0 Å². The van der Waals surface area contributed by atoms with Crippen LogP contribution in [0.15, 0.2) is 11.1 Å². The molecule has 2 heteroatoms. The van der Waals surface area contributed by atoms with Gasteiger partial charge >= 0.3 is 0 Å². The van der Waals surface area contributed by atoms with Gasteiger partial charge in [-0.15, -0.1) is 0 Å². The monoisotopic (exact) mass is 164 g/mol. The Labute approximate surface area is 52.5 Å². The third-order valence-electron chi connectivity index (χ3n) is 0.795. The summed E-state index contributed by atoms with van der Waals surface area (Å²) in [5, 5.41) is 0. The van der Waals surface area contributed by atoms with E-state index in [2.05, 4.69) is 22.5 Å². The molecule has 0 rings (SSSR count). The van der Waals surface area contributed by atoms with Gasteiger partial charge in [0.25, 0.3) is 0 Å². The lowest BCUT2D eigenvalue weighted by Crippen LogP contribution is -2.01. The summed E-state index contributed by atoms with van der Waals surface area (Å²) in [6, 6.07) is 0. The average molecular weight is 165 g/mol. The summed E-state index contributed by atoms with van der Waals surface area (Å²) in [5.74, 6) is 0. The maximum Gasteiger partial charge on any atom is 0.0851 e. The fourth-order valence-electron chi connectivity index (χ4n) is 0.128. The third-order valence-corrected chi connectivity index (χ3v) is 1.44. The molecule has 0 spiro atoms. The van der Waals surface area contributed by atoms with Crippen molar-refractivity contribution in [2.24, 2.45) is 0 Å². The lowest BCUT2D eigenvalue weighted by molar-refractivity contribution is 0.154. The first-order valence-electron chi connectivity index (χ1n) is 2.05. The minimum atomic E-state index is 0.125. The molecular formula is C5H9BrO. The molecule has 0 bridgehead atoms. The minimum absolute atomic E-state index is 0.125. The van der Waals surface area contributed by atoms with Gasteiger partial charge in [0.15, 0.2) is 0 Å². The number of methoxy groups -OCH3 is 1. The summed E-state index contributed by atoms with van der Waals surface area (Å²) >= 11 is 3.18. The largest absolute Gasteiger partial charge is 0.377 e. The molecule has 0 heterocycles. The van der Waals surface area contributed by atoms with E-state index in [1.165, 1.54) is 0 Å². The fraction of sp³-hybridized carbons (Fsp3) is 0.600. The molecule has 7 heavy (non-hydrogen) atoms. The van der Waals surface area contributed by atoms with Crippen molar-refractivity contribution >= 4 is 15.9 Å². The van der Waals surface area contributed by atoms with Gasteiger partial charge in [0.1, 0.15) is 0 Å². The Hall–Kier alpha value is 0.180. The van der Waals surface area contributed by atoms with E-state index in [1.54, 1.807) is 7.11 Å². The lowest BCUT2D eigenvalue weighted by Gasteiger charge is -2.04. The zero-order valence-electron chi connectivity index (χ0n) is 4.57. The highest BCUT2D eigenvalue weighted by Gasteiger charge is 1.97. The van der Waals surface area contributed by atoms with Crippen LogP contribution in [-0.2, 0) is 4.74 Å². The van der Waals surface area contributed by atoms with Crippen molar-refractivity contribution in [3.05, 3.63) is 11.1 Å². The zero-order chi connectivity index (χ0) is 5.86. The normalized spacial score (nSPS) is 13.6. The molecule has 0 aromatic carbocycles. The van der Waals surface area contributed by atoms with Crippen LogP contribution in [0.25, 0.3) is 0 Å². The van der Waals surface area contributed by atoms with Crippen LogP contribution in [0.3, 0.4) is 0 Å². The highest BCUT2D eigenvalue weighted by atomic mass is 79.9. The van der Waals surface area contributed by atoms with E-state index in [0.717, 1.165) is 4.48 Å². The topological polar surface area (TPSA) is 9.23 Å². The summed E-state index contributed by atoms with van der Waals surface area (Å²) in [4.78, 5) is 0. The Kier molecular flexibility index (Phi) is 3.30. The molecule has 0 aromatic rings. The van der Waals surface area contributed by atoms with Crippen molar-refractivity contribution in [2.45, 2.75) is 13.0 Å². The highest BCUT2D eigenvalue weighted by molar-refractivity contribution is 9.11. The van der Waals surface area contributed by atoms with Crippen LogP contribution < -0.4 is 0 Å². The lowest BCUT2D eigenvalue weighted by atomic mass is 10.4. The Balaban J connectivity index is 3.34. The Bertz CT molecular complexity index is 70.5. The number of ether oxygens (including phenoxy) is 1. The van der Waals surface area contributed by atoms with Gasteiger partial charge < -0.3 is 4.74 Å². The van der Waals surface area contributed by atoms with Crippen LogP contribution in [0.5, 0.6) is 0 Å². The van der Waals surface area contributed by atoms with Gasteiger partial charge in [-0.3, -0.25) is 0 Å². The second-order valence-electron chi connectivity index (χ2n) is 1.32. The zero-order valence-corrected chi connectivity index (χ0v) is 6.16. The maximum absolute atomic E-state index is 4.87. The van der Waals surface area contributed by atoms with E-state index < -0.39 is 0 Å². The molecule has 0 aliphatic heterocycles. The van der Waals surface area contributed by atoms with Crippen molar-refractivity contribution < 1.29 is 4.74 Å². The van der Waals surface area contributed by atoms with Crippen molar-refractivity contribution in [2.75, 3.05) is 7.11 Å². The van der Waals surface area contributed by atoms with Crippen molar-refractivity contribution in [3.63, 3.8) is 0 Å². The molecule has 1 unspecified atom stereocenters. The van der Waals surface area contributed by atoms with E-state index >= 15 is 0 Å². The first-order valence-corrected chi connectivity index (χ1v) is 2.85. The summed E-state index contributed by atoms with van der Waals surface area (Å²) in [6.07, 6.45) is 0.125. The first-order chi connectivity index (χ1) is 3.18. The maximum atomic E-state index is 4.87. The third kappa shape index (κ3) is 2.83. The van der Waals surface area contributed by atoms with E-state index in [4.69, 9.17) is 4.74 Å². The summed E-state index contributed by atoms with van der Waals surface area (Å²) < 4.78 is 5.75. The van der Waals surface area contributed by atoms with Gasteiger partial charge in [-0.1, -0.05) is 22.5 Å². The Morgan fingerprint density at radius 1 is 1.86 bits per heavy atom. The van der Waals surface area contributed by atoms with Crippen molar-refractivity contribution in [1.29, 1.82) is 0 Å². The summed E-state index contributed by atoms with van der Waals surface area (Å²) in [5.41, 5.74) is 0. The second kappa shape index (κ2) is 3.22. The van der Waals surface area contributed by atoms with Crippen LogP contribution in [0.1, 0.15) is 6.92 Å². The van der Waals surface area contributed by atoms with Crippen molar-refractivity contribution in [3.8, 4) is 0 Å². The number of rotatable bonds is 2. The Morgan fingerprint density at radius 3 is 2.29 bits per heavy atom. The molecule has 0 fully saturated rings. The van der Waals surface area contributed by atoms with Crippen LogP contribution in [-0.4, -0.2) is 13.2 Å². The SMILES string of the molecule is C=C(Br)C(C)OC. The predicted octanol–water partition coefficient (Wildman–Crippen LogP) is 1.93. The van der Waals surface area contributed by atoms with E-state index in [1.807, 2.05) is 6.92 Å². The molecule has 42 valence electrons.